The molecule has 0 aromatic heterocycles. The number of ether oxygens (including phenoxy) is 1. The van der Waals surface area contributed by atoms with Gasteiger partial charge in [-0.3, -0.25) is 0 Å². The average Bonchev–Trinajstić information content (AvgIpc) is 2.47. The van der Waals surface area contributed by atoms with Crippen LogP contribution in [0.1, 0.15) is 18.1 Å². The number of anilines is 1. The number of nitriles is 1. The third-order valence-corrected chi connectivity index (χ3v) is 3.08. The van der Waals surface area contributed by atoms with Gasteiger partial charge in [0.25, 0.3) is 0 Å². The lowest BCUT2D eigenvalue weighted by atomic mass is 10.1. The Labute approximate surface area is 123 Å². The van der Waals surface area contributed by atoms with E-state index in [1.165, 1.54) is 0 Å². The first-order valence-electron chi connectivity index (χ1n) is 6.38. The highest BCUT2D eigenvalue weighted by Crippen LogP contribution is 2.23. The molecule has 0 bridgehead atoms. The van der Waals surface area contributed by atoms with E-state index in [9.17, 15) is 0 Å². The van der Waals surface area contributed by atoms with Crippen molar-refractivity contribution in [2.24, 2.45) is 0 Å². The minimum absolute atomic E-state index is 0.534. The maximum atomic E-state index is 9.11. The van der Waals surface area contributed by atoms with E-state index in [1.54, 1.807) is 12.1 Å². The smallest absolute Gasteiger partial charge is 0.124 e. The molecule has 0 fully saturated rings. The normalized spacial score (nSPS) is 9.85. The van der Waals surface area contributed by atoms with Crippen molar-refractivity contribution in [1.82, 2.24) is 0 Å². The highest BCUT2D eigenvalue weighted by molar-refractivity contribution is 6.30. The Balaban J connectivity index is 2.15. The van der Waals surface area contributed by atoms with Crippen LogP contribution in [0.25, 0.3) is 0 Å². The quantitative estimate of drug-likeness (QED) is 0.895. The molecule has 0 atom stereocenters. The maximum Gasteiger partial charge on any atom is 0.124 e. The SMILES string of the molecule is CCOc1ccccc1CNc1ccc(Cl)cc1C#N. The Hall–Kier alpha value is -2.18. The molecule has 3 nitrogen and oxygen atoms in total. The van der Waals surface area contributed by atoms with Crippen LogP contribution < -0.4 is 10.1 Å². The Bertz CT molecular complexity index is 635. The molecule has 2 aromatic carbocycles. The van der Waals surface area contributed by atoms with Gasteiger partial charge in [-0.05, 0) is 31.2 Å². The third kappa shape index (κ3) is 3.43. The van der Waals surface area contributed by atoms with Crippen LogP contribution in [0.4, 0.5) is 5.69 Å². The maximum absolute atomic E-state index is 9.11. The second-order valence-corrected chi connectivity index (χ2v) is 4.63. The summed E-state index contributed by atoms with van der Waals surface area (Å²) in [5.74, 6) is 0.856. The molecule has 0 aliphatic heterocycles. The van der Waals surface area contributed by atoms with E-state index in [1.807, 2.05) is 37.3 Å². The van der Waals surface area contributed by atoms with Crippen LogP contribution in [-0.4, -0.2) is 6.61 Å². The number of nitrogens with zero attached hydrogens (tertiary/aromatic N) is 1. The molecule has 0 aliphatic carbocycles. The van der Waals surface area contributed by atoms with E-state index in [2.05, 4.69) is 11.4 Å². The van der Waals surface area contributed by atoms with E-state index >= 15 is 0 Å². The van der Waals surface area contributed by atoms with Gasteiger partial charge >= 0.3 is 0 Å². The zero-order chi connectivity index (χ0) is 14.4. The topological polar surface area (TPSA) is 45.0 Å². The minimum Gasteiger partial charge on any atom is -0.494 e. The fraction of sp³-hybridized carbons (Fsp3) is 0.188. The second kappa shape index (κ2) is 6.83. The van der Waals surface area contributed by atoms with Crippen molar-refractivity contribution in [3.63, 3.8) is 0 Å². The number of rotatable bonds is 5. The van der Waals surface area contributed by atoms with Crippen molar-refractivity contribution in [2.45, 2.75) is 13.5 Å². The van der Waals surface area contributed by atoms with Crippen LogP contribution in [0.5, 0.6) is 5.75 Å². The molecule has 0 saturated carbocycles. The number of hydrogen-bond donors (Lipinski definition) is 1. The van der Waals surface area contributed by atoms with Crippen LogP contribution in [0.3, 0.4) is 0 Å². The van der Waals surface area contributed by atoms with Gasteiger partial charge in [-0.2, -0.15) is 5.26 Å². The summed E-state index contributed by atoms with van der Waals surface area (Å²) < 4.78 is 5.57. The first-order valence-corrected chi connectivity index (χ1v) is 6.76. The van der Waals surface area contributed by atoms with Gasteiger partial charge in [0, 0.05) is 17.1 Å². The van der Waals surface area contributed by atoms with Gasteiger partial charge in [0.2, 0.25) is 0 Å². The lowest BCUT2D eigenvalue weighted by Crippen LogP contribution is -2.04. The summed E-state index contributed by atoms with van der Waals surface area (Å²) in [5, 5.41) is 12.9. The predicted octanol–water partition coefficient (Wildman–Crippen LogP) is 4.22. The molecule has 0 radical (unpaired) electrons. The van der Waals surface area contributed by atoms with E-state index in [-0.39, 0.29) is 0 Å². The van der Waals surface area contributed by atoms with E-state index < -0.39 is 0 Å². The minimum atomic E-state index is 0.534. The zero-order valence-corrected chi connectivity index (χ0v) is 11.9. The zero-order valence-electron chi connectivity index (χ0n) is 11.2. The number of benzene rings is 2. The molecule has 0 heterocycles. The summed E-state index contributed by atoms with van der Waals surface area (Å²) in [6.45, 7) is 3.17. The number of halogens is 1. The fourth-order valence-corrected chi connectivity index (χ4v) is 2.07. The van der Waals surface area contributed by atoms with Gasteiger partial charge in [-0.1, -0.05) is 29.8 Å². The third-order valence-electron chi connectivity index (χ3n) is 2.84. The fourth-order valence-electron chi connectivity index (χ4n) is 1.90. The van der Waals surface area contributed by atoms with Crippen molar-refractivity contribution in [2.75, 3.05) is 11.9 Å². The molecule has 0 unspecified atom stereocenters. The Morgan fingerprint density at radius 2 is 2.05 bits per heavy atom. The van der Waals surface area contributed by atoms with Gasteiger partial charge in [0.15, 0.2) is 0 Å². The summed E-state index contributed by atoms with van der Waals surface area (Å²) in [6.07, 6.45) is 0. The molecular formula is C16H15ClN2O. The molecule has 4 heteroatoms. The van der Waals surface area contributed by atoms with Crippen molar-refractivity contribution in [3.05, 3.63) is 58.6 Å². The van der Waals surface area contributed by atoms with Crippen LogP contribution in [-0.2, 0) is 6.54 Å². The molecule has 0 amide bonds. The number of para-hydroxylation sites is 1. The Kier molecular flexibility index (Phi) is 4.86. The van der Waals surface area contributed by atoms with Crippen molar-refractivity contribution in [3.8, 4) is 11.8 Å². The number of hydrogen-bond acceptors (Lipinski definition) is 3. The molecule has 102 valence electrons. The van der Waals surface area contributed by atoms with Crippen LogP contribution >= 0.6 is 11.6 Å². The number of nitrogens with one attached hydrogen (secondary N) is 1. The highest BCUT2D eigenvalue weighted by Gasteiger charge is 2.05. The van der Waals surface area contributed by atoms with Crippen molar-refractivity contribution in [1.29, 1.82) is 5.26 Å². The summed E-state index contributed by atoms with van der Waals surface area (Å²) in [5.41, 5.74) is 2.35. The Morgan fingerprint density at radius 3 is 2.80 bits per heavy atom. The van der Waals surface area contributed by atoms with Crippen LogP contribution in [0, 0.1) is 11.3 Å². The van der Waals surface area contributed by atoms with Gasteiger partial charge < -0.3 is 10.1 Å². The predicted molar refractivity (Wildman–Crippen MR) is 81.1 cm³/mol. The largest absolute Gasteiger partial charge is 0.494 e. The second-order valence-electron chi connectivity index (χ2n) is 4.20. The summed E-state index contributed by atoms with van der Waals surface area (Å²) in [4.78, 5) is 0. The monoisotopic (exact) mass is 286 g/mol. The molecule has 20 heavy (non-hydrogen) atoms. The Morgan fingerprint density at radius 1 is 1.25 bits per heavy atom. The molecule has 0 aliphatic rings. The summed E-state index contributed by atoms with van der Waals surface area (Å²) in [6, 6.07) is 15.2. The first kappa shape index (κ1) is 14.2. The molecule has 0 spiro atoms. The first-order chi connectivity index (χ1) is 9.74. The molecular weight excluding hydrogens is 272 g/mol. The van der Waals surface area contributed by atoms with Crippen molar-refractivity contribution < 1.29 is 4.74 Å². The molecule has 2 aromatic rings. The van der Waals surface area contributed by atoms with E-state index in [0.717, 1.165) is 17.0 Å². The molecule has 2 rings (SSSR count). The average molecular weight is 287 g/mol. The molecule has 0 saturated heterocycles. The van der Waals surface area contributed by atoms with Gasteiger partial charge in [-0.25, -0.2) is 0 Å². The highest BCUT2D eigenvalue weighted by atomic mass is 35.5. The van der Waals surface area contributed by atoms with Gasteiger partial charge in [-0.15, -0.1) is 0 Å². The van der Waals surface area contributed by atoms with Crippen LogP contribution in [0.15, 0.2) is 42.5 Å². The standard InChI is InChI=1S/C16H15ClN2O/c1-2-20-16-6-4-3-5-12(16)11-19-15-8-7-14(17)9-13(15)10-18/h3-9,19H,2,11H2,1H3. The van der Waals surface area contributed by atoms with E-state index in [4.69, 9.17) is 21.6 Å². The van der Waals surface area contributed by atoms with Gasteiger partial charge in [0.1, 0.15) is 11.8 Å². The molecule has 1 N–H and O–H groups in total. The van der Waals surface area contributed by atoms with Gasteiger partial charge in [0.05, 0.1) is 17.9 Å². The van der Waals surface area contributed by atoms with Crippen molar-refractivity contribution >= 4 is 17.3 Å². The van der Waals surface area contributed by atoms with E-state index in [0.29, 0.717) is 23.7 Å². The lowest BCUT2D eigenvalue weighted by Gasteiger charge is -2.12. The lowest BCUT2D eigenvalue weighted by molar-refractivity contribution is 0.337. The summed E-state index contributed by atoms with van der Waals surface area (Å²) in [7, 11) is 0. The van der Waals surface area contributed by atoms with Crippen LogP contribution in [0.2, 0.25) is 5.02 Å². The summed E-state index contributed by atoms with van der Waals surface area (Å²) >= 11 is 5.88.